The second kappa shape index (κ2) is 10.8. The van der Waals surface area contributed by atoms with Crippen LogP contribution in [0.2, 0.25) is 0 Å². The number of imide groups is 2. The molecule has 1 saturated heterocycles. The predicted molar refractivity (Wildman–Crippen MR) is 112 cm³/mol. The Kier molecular flexibility index (Phi) is 7.92. The maximum absolute atomic E-state index is 13.0. The summed E-state index contributed by atoms with van der Waals surface area (Å²) in [7, 11) is 0. The van der Waals surface area contributed by atoms with Crippen molar-refractivity contribution in [2.45, 2.75) is 70.3 Å². The van der Waals surface area contributed by atoms with Crippen molar-refractivity contribution in [2.75, 3.05) is 6.61 Å². The maximum atomic E-state index is 13.0. The van der Waals surface area contributed by atoms with Gasteiger partial charge in [0, 0.05) is 12.8 Å². The van der Waals surface area contributed by atoms with Gasteiger partial charge >= 0.3 is 0 Å². The molecular weight excluding hydrogens is 400 g/mol. The molecule has 166 valence electrons. The van der Waals surface area contributed by atoms with Crippen LogP contribution >= 0.6 is 0 Å². The normalized spacial score (nSPS) is 18.2. The summed E-state index contributed by atoms with van der Waals surface area (Å²) in [5.41, 5.74) is 0.412. The summed E-state index contributed by atoms with van der Waals surface area (Å²) in [6.07, 6.45) is 8.98. The first-order valence-electron chi connectivity index (χ1n) is 11.0. The van der Waals surface area contributed by atoms with E-state index in [2.05, 4.69) is 5.32 Å². The molecule has 0 radical (unpaired) electrons. The maximum Gasteiger partial charge on any atom is 0.266 e. The van der Waals surface area contributed by atoms with Crippen LogP contribution in [-0.4, -0.2) is 47.5 Å². The van der Waals surface area contributed by atoms with Gasteiger partial charge in [-0.25, -0.2) is 0 Å². The molecule has 0 bridgehead atoms. The number of aldehydes is 1. The van der Waals surface area contributed by atoms with Crippen LogP contribution in [0.25, 0.3) is 0 Å². The first kappa shape index (κ1) is 22.7. The van der Waals surface area contributed by atoms with Gasteiger partial charge in [0.1, 0.15) is 18.1 Å². The zero-order valence-corrected chi connectivity index (χ0v) is 17.6. The van der Waals surface area contributed by atoms with Crippen LogP contribution in [0.5, 0.6) is 5.75 Å². The molecule has 8 heteroatoms. The van der Waals surface area contributed by atoms with Gasteiger partial charge in [-0.3, -0.25) is 29.4 Å². The number of nitrogens with one attached hydrogen (secondary N) is 1. The zero-order chi connectivity index (χ0) is 22.2. The summed E-state index contributed by atoms with van der Waals surface area (Å²) in [6.45, 7) is 0.432. The Morgan fingerprint density at radius 3 is 2.39 bits per heavy atom. The predicted octanol–water partition coefficient (Wildman–Crippen LogP) is 2.79. The van der Waals surface area contributed by atoms with Crippen LogP contribution in [0.15, 0.2) is 18.2 Å². The zero-order valence-electron chi connectivity index (χ0n) is 17.6. The minimum atomic E-state index is -0.982. The highest BCUT2D eigenvalue weighted by atomic mass is 16.5. The van der Waals surface area contributed by atoms with E-state index in [9.17, 15) is 24.0 Å². The van der Waals surface area contributed by atoms with Crippen LogP contribution in [-0.2, 0) is 14.4 Å². The summed E-state index contributed by atoms with van der Waals surface area (Å²) in [5, 5.41) is 2.19. The molecule has 0 aliphatic carbocycles. The smallest absolute Gasteiger partial charge is 0.266 e. The van der Waals surface area contributed by atoms with Crippen molar-refractivity contribution >= 4 is 29.9 Å². The largest absolute Gasteiger partial charge is 0.493 e. The van der Waals surface area contributed by atoms with Crippen molar-refractivity contribution in [2.24, 2.45) is 0 Å². The third-order valence-corrected chi connectivity index (χ3v) is 5.65. The Morgan fingerprint density at radius 1 is 0.968 bits per heavy atom. The highest BCUT2D eigenvalue weighted by Gasteiger charge is 2.45. The van der Waals surface area contributed by atoms with Crippen molar-refractivity contribution in [3.05, 3.63) is 29.3 Å². The molecule has 4 amide bonds. The SMILES string of the molecule is O=CCCCCCCCCCOc1cccc2c1C(=O)N(C1CCC(=O)NC1=O)C2=O. The number of piperidine rings is 1. The van der Waals surface area contributed by atoms with Gasteiger partial charge in [0.15, 0.2) is 0 Å². The minimum Gasteiger partial charge on any atom is -0.493 e. The molecule has 3 rings (SSSR count). The highest BCUT2D eigenvalue weighted by Crippen LogP contribution is 2.33. The molecule has 2 aliphatic rings. The van der Waals surface area contributed by atoms with Crippen LogP contribution < -0.4 is 10.1 Å². The van der Waals surface area contributed by atoms with E-state index >= 15 is 0 Å². The van der Waals surface area contributed by atoms with E-state index < -0.39 is 29.7 Å². The molecule has 1 fully saturated rings. The lowest BCUT2D eigenvalue weighted by Gasteiger charge is -2.27. The number of unbranched alkanes of at least 4 members (excludes halogenated alkanes) is 7. The number of hydrogen-bond acceptors (Lipinski definition) is 6. The lowest BCUT2D eigenvalue weighted by molar-refractivity contribution is -0.136. The first-order valence-corrected chi connectivity index (χ1v) is 11.0. The van der Waals surface area contributed by atoms with Crippen molar-refractivity contribution in [1.82, 2.24) is 10.2 Å². The number of nitrogens with zero attached hydrogens (tertiary/aromatic N) is 1. The molecule has 1 aromatic rings. The standard InChI is InChI=1S/C23H28N2O6/c26-14-7-5-3-1-2-4-6-8-15-31-18-11-9-10-16-20(18)23(30)25(22(16)29)17-12-13-19(27)24-21(17)28/h9-11,14,17H,1-8,12-13,15H2,(H,24,27,28). The number of fused-ring (bicyclic) bond motifs is 1. The molecule has 0 aromatic heterocycles. The Bertz CT molecular complexity index is 866. The molecule has 1 aromatic carbocycles. The van der Waals surface area contributed by atoms with Crippen LogP contribution in [0.3, 0.4) is 0 Å². The summed E-state index contributed by atoms with van der Waals surface area (Å²) in [6, 6.07) is 3.89. The van der Waals surface area contributed by atoms with Crippen molar-refractivity contribution in [3.8, 4) is 5.75 Å². The van der Waals surface area contributed by atoms with Crippen molar-refractivity contribution in [1.29, 1.82) is 0 Å². The molecule has 2 aliphatic heterocycles. The van der Waals surface area contributed by atoms with E-state index in [1.54, 1.807) is 18.2 Å². The molecule has 1 unspecified atom stereocenters. The number of benzene rings is 1. The third-order valence-electron chi connectivity index (χ3n) is 5.65. The number of amides is 4. The van der Waals surface area contributed by atoms with E-state index in [4.69, 9.17) is 4.74 Å². The Morgan fingerprint density at radius 2 is 1.68 bits per heavy atom. The van der Waals surface area contributed by atoms with Crippen LogP contribution in [0.1, 0.15) is 84.9 Å². The first-order chi connectivity index (χ1) is 15.0. The van der Waals surface area contributed by atoms with Crippen LogP contribution in [0.4, 0.5) is 0 Å². The Balaban J connectivity index is 1.52. The molecule has 0 spiro atoms. The third kappa shape index (κ3) is 5.37. The second-order valence-corrected chi connectivity index (χ2v) is 7.90. The summed E-state index contributed by atoms with van der Waals surface area (Å²) < 4.78 is 5.81. The highest BCUT2D eigenvalue weighted by molar-refractivity contribution is 6.24. The monoisotopic (exact) mass is 428 g/mol. The fourth-order valence-electron chi connectivity index (χ4n) is 4.00. The van der Waals surface area contributed by atoms with Gasteiger partial charge in [-0.15, -0.1) is 0 Å². The quantitative estimate of drug-likeness (QED) is 0.311. The fourth-order valence-corrected chi connectivity index (χ4v) is 4.00. The van der Waals surface area contributed by atoms with E-state index in [0.717, 1.165) is 56.1 Å². The summed E-state index contributed by atoms with van der Waals surface area (Å²) >= 11 is 0. The van der Waals surface area contributed by atoms with Crippen LogP contribution in [0, 0.1) is 0 Å². The van der Waals surface area contributed by atoms with Gasteiger partial charge in [0.05, 0.1) is 17.7 Å². The lowest BCUT2D eigenvalue weighted by atomic mass is 10.0. The average molecular weight is 428 g/mol. The molecular formula is C23H28N2O6. The minimum absolute atomic E-state index is 0.0876. The molecule has 1 atom stereocenters. The molecule has 8 nitrogen and oxygen atoms in total. The van der Waals surface area contributed by atoms with E-state index in [1.165, 1.54) is 0 Å². The number of carbonyl (C=O) groups excluding carboxylic acids is 5. The topological polar surface area (TPSA) is 110 Å². The number of ether oxygens (including phenoxy) is 1. The van der Waals surface area contributed by atoms with E-state index in [0.29, 0.717) is 18.8 Å². The van der Waals surface area contributed by atoms with Gasteiger partial charge in [-0.05, 0) is 31.4 Å². The van der Waals surface area contributed by atoms with Crippen molar-refractivity contribution in [3.63, 3.8) is 0 Å². The number of carbonyl (C=O) groups is 5. The lowest BCUT2D eigenvalue weighted by Crippen LogP contribution is -2.54. The second-order valence-electron chi connectivity index (χ2n) is 7.90. The number of rotatable bonds is 12. The average Bonchev–Trinajstić information content (AvgIpc) is 3.01. The Labute approximate surface area is 181 Å². The van der Waals surface area contributed by atoms with Gasteiger partial charge in [0.25, 0.3) is 11.8 Å². The van der Waals surface area contributed by atoms with E-state index in [-0.39, 0.29) is 24.0 Å². The molecule has 0 saturated carbocycles. The van der Waals surface area contributed by atoms with Gasteiger partial charge in [-0.1, -0.05) is 38.2 Å². The molecule has 31 heavy (non-hydrogen) atoms. The number of hydrogen-bond donors (Lipinski definition) is 1. The van der Waals surface area contributed by atoms with Gasteiger partial charge in [-0.2, -0.15) is 0 Å². The van der Waals surface area contributed by atoms with E-state index in [1.807, 2.05) is 0 Å². The van der Waals surface area contributed by atoms with Gasteiger partial charge in [0.2, 0.25) is 11.8 Å². The molecule has 2 heterocycles. The summed E-state index contributed by atoms with van der Waals surface area (Å²) in [5.74, 6) is -1.77. The van der Waals surface area contributed by atoms with Crippen molar-refractivity contribution < 1.29 is 28.7 Å². The Hall–Kier alpha value is -3.03. The summed E-state index contributed by atoms with van der Waals surface area (Å²) in [4.78, 5) is 60.5. The fraction of sp³-hybridized carbons (Fsp3) is 0.522. The van der Waals surface area contributed by atoms with Gasteiger partial charge < -0.3 is 9.53 Å². The molecule has 1 N–H and O–H groups in total.